The van der Waals surface area contributed by atoms with Crippen LogP contribution >= 0.6 is 23.2 Å². The number of benzene rings is 2. The smallest absolute Gasteiger partial charge is 0.126 e. The highest BCUT2D eigenvalue weighted by molar-refractivity contribution is 6.39. The minimum Gasteiger partial charge on any atom is -0.379 e. The normalized spacial score (nSPS) is 10.6. The molecular formula is C14H11Cl2F2N. The van der Waals surface area contributed by atoms with Gasteiger partial charge in [-0.05, 0) is 42.3 Å². The van der Waals surface area contributed by atoms with Gasteiger partial charge in [0, 0.05) is 6.54 Å². The fraction of sp³-hybridized carbons (Fsp3) is 0.143. The molecule has 0 aromatic heterocycles. The molecule has 0 atom stereocenters. The Kier molecular flexibility index (Phi) is 4.27. The molecule has 2 aromatic carbocycles. The zero-order valence-electron chi connectivity index (χ0n) is 10.1. The first-order valence-corrected chi connectivity index (χ1v) is 6.36. The Labute approximate surface area is 120 Å². The second kappa shape index (κ2) is 5.76. The number of rotatable bonds is 3. The van der Waals surface area contributed by atoms with Crippen LogP contribution in [-0.4, -0.2) is 0 Å². The molecule has 0 fully saturated rings. The van der Waals surface area contributed by atoms with Gasteiger partial charge in [-0.25, -0.2) is 8.78 Å². The molecule has 19 heavy (non-hydrogen) atoms. The second-order valence-corrected chi connectivity index (χ2v) is 4.98. The van der Waals surface area contributed by atoms with Crippen LogP contribution in [0.4, 0.5) is 14.5 Å². The lowest BCUT2D eigenvalue weighted by Crippen LogP contribution is -2.03. The average molecular weight is 302 g/mol. The van der Waals surface area contributed by atoms with Gasteiger partial charge in [0.15, 0.2) is 0 Å². The molecule has 100 valence electrons. The van der Waals surface area contributed by atoms with E-state index in [1.54, 1.807) is 6.07 Å². The van der Waals surface area contributed by atoms with Gasteiger partial charge < -0.3 is 5.32 Å². The van der Waals surface area contributed by atoms with E-state index in [0.29, 0.717) is 12.2 Å². The minimum absolute atomic E-state index is 0.213. The highest BCUT2D eigenvalue weighted by Crippen LogP contribution is 2.31. The van der Waals surface area contributed by atoms with E-state index in [-0.39, 0.29) is 15.9 Å². The molecule has 1 nitrogen and oxygen atoms in total. The zero-order valence-corrected chi connectivity index (χ0v) is 11.6. The average Bonchev–Trinajstić information content (AvgIpc) is 2.30. The molecule has 0 amide bonds. The predicted molar refractivity (Wildman–Crippen MR) is 74.9 cm³/mol. The summed E-state index contributed by atoms with van der Waals surface area (Å²) < 4.78 is 26.0. The summed E-state index contributed by atoms with van der Waals surface area (Å²) in [5, 5.41) is 3.46. The molecule has 0 spiro atoms. The summed E-state index contributed by atoms with van der Waals surface area (Å²) in [6.07, 6.45) is 0. The van der Waals surface area contributed by atoms with E-state index < -0.39 is 5.82 Å². The Hall–Kier alpha value is -1.32. The third-order valence-corrected chi connectivity index (χ3v) is 3.36. The quantitative estimate of drug-likeness (QED) is 0.822. The van der Waals surface area contributed by atoms with Crippen LogP contribution in [0.3, 0.4) is 0 Å². The van der Waals surface area contributed by atoms with E-state index >= 15 is 0 Å². The maximum Gasteiger partial charge on any atom is 0.126 e. The third-order valence-electron chi connectivity index (χ3n) is 2.77. The van der Waals surface area contributed by atoms with Gasteiger partial charge in [-0.3, -0.25) is 0 Å². The number of aryl methyl sites for hydroxylation is 1. The van der Waals surface area contributed by atoms with Crippen molar-refractivity contribution in [2.75, 3.05) is 5.32 Å². The van der Waals surface area contributed by atoms with Gasteiger partial charge >= 0.3 is 0 Å². The van der Waals surface area contributed by atoms with E-state index in [9.17, 15) is 8.78 Å². The second-order valence-electron chi connectivity index (χ2n) is 4.17. The van der Waals surface area contributed by atoms with Gasteiger partial charge in [0.25, 0.3) is 0 Å². The largest absolute Gasteiger partial charge is 0.379 e. The van der Waals surface area contributed by atoms with Crippen molar-refractivity contribution in [3.63, 3.8) is 0 Å². The summed E-state index contributed by atoms with van der Waals surface area (Å²) in [6, 6.07) is 6.90. The summed E-state index contributed by atoms with van der Waals surface area (Å²) in [4.78, 5) is 0. The molecule has 0 aliphatic heterocycles. The van der Waals surface area contributed by atoms with Crippen LogP contribution in [0.2, 0.25) is 10.0 Å². The molecule has 0 aliphatic carbocycles. The van der Waals surface area contributed by atoms with E-state index in [4.69, 9.17) is 23.2 Å². The first kappa shape index (κ1) is 14.1. The van der Waals surface area contributed by atoms with Crippen LogP contribution in [0.5, 0.6) is 0 Å². The number of hydrogen-bond acceptors (Lipinski definition) is 1. The van der Waals surface area contributed by atoms with Crippen molar-refractivity contribution in [1.82, 2.24) is 0 Å². The van der Waals surface area contributed by atoms with Crippen LogP contribution in [0.1, 0.15) is 11.1 Å². The van der Waals surface area contributed by atoms with Crippen LogP contribution in [0.15, 0.2) is 30.3 Å². The SMILES string of the molecule is Cc1cc(F)ccc1CNc1c(Cl)cc(F)cc1Cl. The summed E-state index contributed by atoms with van der Waals surface area (Å²) in [6.45, 7) is 2.24. The molecule has 5 heteroatoms. The Morgan fingerprint density at radius 2 is 1.63 bits per heavy atom. The number of anilines is 1. The molecule has 2 aromatic rings. The van der Waals surface area contributed by atoms with Gasteiger partial charge in [0.1, 0.15) is 11.6 Å². The van der Waals surface area contributed by atoms with Gasteiger partial charge in [-0.2, -0.15) is 0 Å². The number of halogens is 4. The van der Waals surface area contributed by atoms with Gasteiger partial charge in [-0.1, -0.05) is 29.3 Å². The lowest BCUT2D eigenvalue weighted by Gasteiger charge is -2.12. The minimum atomic E-state index is -0.487. The van der Waals surface area contributed by atoms with Crippen LogP contribution in [0.25, 0.3) is 0 Å². The topological polar surface area (TPSA) is 12.0 Å². The van der Waals surface area contributed by atoms with E-state index in [2.05, 4.69) is 5.32 Å². The molecule has 0 unspecified atom stereocenters. The van der Waals surface area contributed by atoms with Crippen LogP contribution in [-0.2, 0) is 6.54 Å². The molecule has 0 aliphatic rings. The summed E-state index contributed by atoms with van der Waals surface area (Å²) in [5.41, 5.74) is 2.20. The maximum absolute atomic E-state index is 13.0. The van der Waals surface area contributed by atoms with Crippen molar-refractivity contribution in [3.05, 3.63) is 63.1 Å². The Morgan fingerprint density at radius 3 is 2.21 bits per heavy atom. The molecule has 0 heterocycles. The van der Waals surface area contributed by atoms with Crippen molar-refractivity contribution in [1.29, 1.82) is 0 Å². The zero-order chi connectivity index (χ0) is 14.0. The van der Waals surface area contributed by atoms with Gasteiger partial charge in [0.2, 0.25) is 0 Å². The lowest BCUT2D eigenvalue weighted by molar-refractivity contribution is 0.625. The molecule has 2 rings (SSSR count). The molecule has 0 radical (unpaired) electrons. The van der Waals surface area contributed by atoms with Crippen LogP contribution in [0, 0.1) is 18.6 Å². The van der Waals surface area contributed by atoms with Crippen molar-refractivity contribution in [2.24, 2.45) is 0 Å². The molecule has 1 N–H and O–H groups in total. The van der Waals surface area contributed by atoms with Crippen LogP contribution < -0.4 is 5.32 Å². The Bertz CT molecular complexity index is 591. The summed E-state index contributed by atoms with van der Waals surface area (Å²) in [7, 11) is 0. The summed E-state index contributed by atoms with van der Waals surface area (Å²) in [5.74, 6) is -0.766. The van der Waals surface area contributed by atoms with E-state index in [0.717, 1.165) is 11.1 Å². The number of hydrogen-bond donors (Lipinski definition) is 1. The standard InChI is InChI=1S/C14H11Cl2F2N/c1-8-4-10(17)3-2-9(8)7-19-14-12(15)5-11(18)6-13(14)16/h2-6,19H,7H2,1H3. The van der Waals surface area contributed by atoms with Crippen molar-refractivity contribution in [2.45, 2.75) is 13.5 Å². The summed E-state index contributed by atoms with van der Waals surface area (Å²) >= 11 is 11.8. The maximum atomic E-state index is 13.0. The monoisotopic (exact) mass is 301 g/mol. The Morgan fingerprint density at radius 1 is 1.00 bits per heavy atom. The Balaban J connectivity index is 2.19. The lowest BCUT2D eigenvalue weighted by atomic mass is 10.1. The van der Waals surface area contributed by atoms with Gasteiger partial charge in [-0.15, -0.1) is 0 Å². The van der Waals surface area contributed by atoms with Crippen molar-refractivity contribution >= 4 is 28.9 Å². The molecule has 0 saturated carbocycles. The third kappa shape index (κ3) is 3.37. The number of nitrogens with one attached hydrogen (secondary N) is 1. The predicted octanol–water partition coefficient (Wildman–Crippen LogP) is 5.19. The highest BCUT2D eigenvalue weighted by Gasteiger charge is 2.09. The fourth-order valence-corrected chi connectivity index (χ4v) is 2.35. The first-order chi connectivity index (χ1) is 8.97. The van der Waals surface area contributed by atoms with Crippen molar-refractivity contribution < 1.29 is 8.78 Å². The first-order valence-electron chi connectivity index (χ1n) is 5.61. The molecular weight excluding hydrogens is 291 g/mol. The molecule has 0 saturated heterocycles. The fourth-order valence-electron chi connectivity index (χ4n) is 1.75. The molecule has 0 bridgehead atoms. The van der Waals surface area contributed by atoms with E-state index in [1.807, 2.05) is 6.92 Å². The van der Waals surface area contributed by atoms with Gasteiger partial charge in [0.05, 0.1) is 15.7 Å². The van der Waals surface area contributed by atoms with E-state index in [1.165, 1.54) is 24.3 Å². The highest BCUT2D eigenvalue weighted by atomic mass is 35.5. The van der Waals surface area contributed by atoms with Crippen molar-refractivity contribution in [3.8, 4) is 0 Å².